The number of aliphatic hydroxyl groups excluding tert-OH is 1. The minimum absolute atomic E-state index is 0.192. The van der Waals surface area contributed by atoms with Crippen molar-refractivity contribution in [2.24, 2.45) is 0 Å². The number of amides is 1. The van der Waals surface area contributed by atoms with Crippen LogP contribution in [0.5, 0.6) is 0 Å². The quantitative estimate of drug-likeness (QED) is 0.786. The van der Waals surface area contributed by atoms with Gasteiger partial charge in [-0.15, -0.1) is 0 Å². The molecule has 1 aromatic rings. The fourth-order valence-corrected chi connectivity index (χ4v) is 3.92. The van der Waals surface area contributed by atoms with Crippen molar-refractivity contribution in [2.75, 3.05) is 13.2 Å². The molecule has 3 rings (SSSR count). The molecule has 0 spiro atoms. The fraction of sp³-hybridized carbons (Fsp3) is 0.611. The standard InChI is InChI=1S/C18H24BrNO4/c1-18(2,3)24-17(22)20-9-13(21)8-16(20)14-7-12(19)6-11-4-5-23-10-15(11)14/h6-7,13,16,21H,4-5,8-10H2,1-3H3. The number of halogens is 1. The molecule has 2 atom stereocenters. The first kappa shape index (κ1) is 17.7. The number of fused-ring (bicyclic) bond motifs is 1. The van der Waals surface area contributed by atoms with Crippen molar-refractivity contribution in [2.45, 2.75) is 58.0 Å². The number of nitrogens with zero attached hydrogens (tertiary/aromatic N) is 1. The van der Waals surface area contributed by atoms with Crippen LogP contribution in [0.3, 0.4) is 0 Å². The molecule has 1 N–H and O–H groups in total. The molecule has 2 aliphatic rings. The average Bonchev–Trinajstić information content (AvgIpc) is 2.86. The predicted molar refractivity (Wildman–Crippen MR) is 93.8 cm³/mol. The van der Waals surface area contributed by atoms with Crippen molar-refractivity contribution in [1.82, 2.24) is 4.90 Å². The number of hydrogen-bond acceptors (Lipinski definition) is 4. The monoisotopic (exact) mass is 397 g/mol. The zero-order valence-electron chi connectivity index (χ0n) is 14.3. The summed E-state index contributed by atoms with van der Waals surface area (Å²) in [6, 6.07) is 3.96. The van der Waals surface area contributed by atoms with Gasteiger partial charge in [0.1, 0.15) is 5.60 Å². The molecular formula is C18H24BrNO4. The van der Waals surface area contributed by atoms with Crippen LogP contribution in [0.1, 0.15) is 49.9 Å². The highest BCUT2D eigenvalue weighted by atomic mass is 79.9. The lowest BCUT2D eigenvalue weighted by Gasteiger charge is -2.31. The molecule has 2 unspecified atom stereocenters. The van der Waals surface area contributed by atoms with Gasteiger partial charge in [-0.05, 0) is 62.4 Å². The Kier molecular flexibility index (Phi) is 4.91. The number of hydrogen-bond donors (Lipinski definition) is 1. The lowest BCUT2D eigenvalue weighted by Crippen LogP contribution is -2.37. The third-order valence-electron chi connectivity index (χ3n) is 4.37. The molecule has 0 saturated carbocycles. The first-order valence-electron chi connectivity index (χ1n) is 8.31. The highest BCUT2D eigenvalue weighted by Gasteiger charge is 2.39. The largest absolute Gasteiger partial charge is 0.444 e. The molecule has 0 radical (unpaired) electrons. The summed E-state index contributed by atoms with van der Waals surface area (Å²) in [4.78, 5) is 14.2. The van der Waals surface area contributed by atoms with E-state index in [1.54, 1.807) is 4.90 Å². The normalized spacial score (nSPS) is 24.0. The van der Waals surface area contributed by atoms with Gasteiger partial charge in [-0.1, -0.05) is 15.9 Å². The number of ether oxygens (including phenoxy) is 2. The lowest BCUT2D eigenvalue weighted by atomic mass is 9.92. The first-order valence-corrected chi connectivity index (χ1v) is 9.10. The molecule has 1 saturated heterocycles. The molecule has 24 heavy (non-hydrogen) atoms. The molecule has 0 aliphatic carbocycles. The Morgan fingerprint density at radius 2 is 2.17 bits per heavy atom. The molecule has 5 nitrogen and oxygen atoms in total. The van der Waals surface area contributed by atoms with Gasteiger partial charge < -0.3 is 14.6 Å². The molecule has 2 heterocycles. The lowest BCUT2D eigenvalue weighted by molar-refractivity contribution is 0.0203. The van der Waals surface area contributed by atoms with Crippen molar-refractivity contribution in [3.8, 4) is 0 Å². The van der Waals surface area contributed by atoms with E-state index in [-0.39, 0.29) is 12.1 Å². The SMILES string of the molecule is CC(C)(C)OC(=O)N1CC(O)CC1c1cc(Br)cc2c1COCC2. The maximum Gasteiger partial charge on any atom is 0.410 e. The number of carbonyl (C=O) groups is 1. The van der Waals surface area contributed by atoms with Crippen molar-refractivity contribution >= 4 is 22.0 Å². The van der Waals surface area contributed by atoms with E-state index in [4.69, 9.17) is 9.47 Å². The molecule has 0 aromatic heterocycles. The predicted octanol–water partition coefficient (Wildman–Crippen LogP) is 3.56. The summed E-state index contributed by atoms with van der Waals surface area (Å²) in [6.07, 6.45) is 0.460. The van der Waals surface area contributed by atoms with E-state index in [1.165, 1.54) is 5.56 Å². The first-order chi connectivity index (χ1) is 11.2. The van der Waals surface area contributed by atoms with Gasteiger partial charge in [-0.3, -0.25) is 4.90 Å². The smallest absolute Gasteiger partial charge is 0.410 e. The zero-order valence-corrected chi connectivity index (χ0v) is 15.9. The van der Waals surface area contributed by atoms with Crippen LogP contribution in [0.15, 0.2) is 16.6 Å². The Hall–Kier alpha value is -1.11. The molecule has 0 bridgehead atoms. The third kappa shape index (κ3) is 3.76. The zero-order chi connectivity index (χ0) is 17.5. The number of benzene rings is 1. The van der Waals surface area contributed by atoms with E-state index in [9.17, 15) is 9.90 Å². The molecular weight excluding hydrogens is 374 g/mol. The highest BCUT2D eigenvalue weighted by molar-refractivity contribution is 9.10. The van der Waals surface area contributed by atoms with Crippen LogP contribution in [0.2, 0.25) is 0 Å². The van der Waals surface area contributed by atoms with Gasteiger partial charge in [0.05, 0.1) is 31.9 Å². The maximum atomic E-state index is 12.6. The molecule has 6 heteroatoms. The van der Waals surface area contributed by atoms with Crippen LogP contribution in [0.25, 0.3) is 0 Å². The summed E-state index contributed by atoms with van der Waals surface area (Å²) in [6.45, 7) is 7.10. The van der Waals surface area contributed by atoms with Crippen molar-refractivity contribution in [3.63, 3.8) is 0 Å². The van der Waals surface area contributed by atoms with E-state index >= 15 is 0 Å². The second-order valence-electron chi connectivity index (χ2n) is 7.47. The second-order valence-corrected chi connectivity index (χ2v) is 8.39. The van der Waals surface area contributed by atoms with E-state index in [1.807, 2.05) is 26.8 Å². The fourth-order valence-electron chi connectivity index (χ4n) is 3.40. The van der Waals surface area contributed by atoms with Gasteiger partial charge in [0.25, 0.3) is 0 Å². The number of β-amino-alcohol motifs (C(OH)–C–C–N with tert-alkyl or cyclic N) is 1. The Bertz CT molecular complexity index is 641. The van der Waals surface area contributed by atoms with Crippen molar-refractivity contribution in [3.05, 3.63) is 33.3 Å². The Morgan fingerprint density at radius 3 is 2.88 bits per heavy atom. The Morgan fingerprint density at radius 1 is 1.42 bits per heavy atom. The van der Waals surface area contributed by atoms with Gasteiger partial charge in [-0.2, -0.15) is 0 Å². The maximum absolute atomic E-state index is 12.6. The second kappa shape index (κ2) is 6.65. The van der Waals surface area contributed by atoms with E-state index < -0.39 is 11.7 Å². The minimum atomic E-state index is -0.561. The third-order valence-corrected chi connectivity index (χ3v) is 4.83. The number of likely N-dealkylation sites (tertiary alicyclic amines) is 1. The van der Waals surface area contributed by atoms with Gasteiger partial charge in [0, 0.05) is 4.47 Å². The summed E-state index contributed by atoms with van der Waals surface area (Å²) in [5.74, 6) is 0. The van der Waals surface area contributed by atoms with Crippen LogP contribution in [-0.2, 0) is 22.5 Å². The Labute approximate surface area is 151 Å². The van der Waals surface area contributed by atoms with E-state index in [0.717, 1.165) is 22.0 Å². The van der Waals surface area contributed by atoms with Gasteiger partial charge in [-0.25, -0.2) is 4.79 Å². The number of aliphatic hydroxyl groups is 1. The topological polar surface area (TPSA) is 59.0 Å². The number of carbonyl (C=O) groups excluding carboxylic acids is 1. The summed E-state index contributed by atoms with van der Waals surface area (Å²) in [7, 11) is 0. The van der Waals surface area contributed by atoms with Gasteiger partial charge in [0.2, 0.25) is 0 Å². The summed E-state index contributed by atoms with van der Waals surface area (Å²) >= 11 is 3.57. The minimum Gasteiger partial charge on any atom is -0.444 e. The molecule has 1 amide bonds. The summed E-state index contributed by atoms with van der Waals surface area (Å²) in [5, 5.41) is 10.2. The molecule has 132 valence electrons. The summed E-state index contributed by atoms with van der Waals surface area (Å²) < 4.78 is 12.1. The highest BCUT2D eigenvalue weighted by Crippen LogP contribution is 2.39. The average molecular weight is 398 g/mol. The molecule has 1 fully saturated rings. The van der Waals surface area contributed by atoms with Crippen molar-refractivity contribution < 1.29 is 19.4 Å². The van der Waals surface area contributed by atoms with Crippen LogP contribution in [0.4, 0.5) is 4.79 Å². The summed E-state index contributed by atoms with van der Waals surface area (Å²) in [5.41, 5.74) is 2.87. The van der Waals surface area contributed by atoms with Crippen LogP contribution in [-0.4, -0.2) is 41.0 Å². The van der Waals surface area contributed by atoms with E-state index in [0.29, 0.717) is 26.2 Å². The van der Waals surface area contributed by atoms with Crippen LogP contribution < -0.4 is 0 Å². The van der Waals surface area contributed by atoms with Crippen LogP contribution >= 0.6 is 15.9 Å². The molecule has 1 aromatic carbocycles. The number of rotatable bonds is 1. The van der Waals surface area contributed by atoms with Crippen LogP contribution in [0, 0.1) is 0 Å². The van der Waals surface area contributed by atoms with Gasteiger partial charge >= 0.3 is 6.09 Å². The molecule has 2 aliphatic heterocycles. The van der Waals surface area contributed by atoms with Gasteiger partial charge in [0.15, 0.2) is 0 Å². The Balaban J connectivity index is 1.95. The van der Waals surface area contributed by atoms with Crippen molar-refractivity contribution in [1.29, 1.82) is 0 Å². The van der Waals surface area contributed by atoms with E-state index in [2.05, 4.69) is 22.0 Å².